The SMILES string of the molecule is CCCCCCCOC(CCCCCC)(OCCCCCCC)C(CC)OCOCOC(CC)C(CCCCCC)(OCCCCCCC)OCCCCCCC. The van der Waals surface area contributed by atoms with Crippen LogP contribution in [0.1, 0.15) is 261 Å². The molecule has 0 fully saturated rings. The van der Waals surface area contributed by atoms with Crippen molar-refractivity contribution in [1.82, 2.24) is 0 Å². The van der Waals surface area contributed by atoms with E-state index in [1.807, 2.05) is 0 Å². The van der Waals surface area contributed by atoms with Gasteiger partial charge < -0.3 is 33.2 Å². The lowest BCUT2D eigenvalue weighted by molar-refractivity contribution is -0.324. The van der Waals surface area contributed by atoms with Crippen molar-refractivity contribution >= 4 is 0 Å². The van der Waals surface area contributed by atoms with Gasteiger partial charge in [-0.25, -0.2) is 0 Å². The molecule has 0 rings (SSSR count). The van der Waals surface area contributed by atoms with Crippen LogP contribution in [-0.4, -0.2) is 63.8 Å². The third kappa shape index (κ3) is 29.6. The average molecular weight is 815 g/mol. The smallest absolute Gasteiger partial charge is 0.194 e. The molecule has 0 aromatic carbocycles. The summed E-state index contributed by atoms with van der Waals surface area (Å²) in [6.45, 7) is 21.1. The van der Waals surface area contributed by atoms with Crippen molar-refractivity contribution in [1.29, 1.82) is 0 Å². The summed E-state index contributed by atoms with van der Waals surface area (Å²) in [5.41, 5.74) is 0. The first-order valence-corrected chi connectivity index (χ1v) is 25.4. The first-order chi connectivity index (χ1) is 28.0. The van der Waals surface area contributed by atoms with E-state index in [2.05, 4.69) is 55.4 Å². The molecule has 2 atom stereocenters. The van der Waals surface area contributed by atoms with Crippen molar-refractivity contribution < 1.29 is 33.2 Å². The molecule has 0 N–H and O–H groups in total. The van der Waals surface area contributed by atoms with Gasteiger partial charge in [0.25, 0.3) is 0 Å². The second kappa shape index (κ2) is 42.4. The largest absolute Gasteiger partial charge is 0.347 e. The van der Waals surface area contributed by atoms with Gasteiger partial charge in [0.1, 0.15) is 25.8 Å². The van der Waals surface area contributed by atoms with E-state index in [1.165, 1.54) is 141 Å². The van der Waals surface area contributed by atoms with Crippen LogP contribution in [0.25, 0.3) is 0 Å². The van der Waals surface area contributed by atoms with Gasteiger partial charge in [0.2, 0.25) is 0 Å². The highest BCUT2D eigenvalue weighted by molar-refractivity contribution is 4.82. The Morgan fingerprint density at radius 1 is 0.298 bits per heavy atom. The minimum absolute atomic E-state index is 0.130. The molecule has 0 aliphatic heterocycles. The van der Waals surface area contributed by atoms with Crippen LogP contribution in [0.3, 0.4) is 0 Å². The summed E-state index contributed by atoms with van der Waals surface area (Å²) in [6.07, 6.45) is 36.3. The van der Waals surface area contributed by atoms with Gasteiger partial charge in [-0.2, -0.15) is 0 Å². The number of hydrogen-bond donors (Lipinski definition) is 0. The van der Waals surface area contributed by atoms with Crippen LogP contribution in [0.4, 0.5) is 0 Å². The van der Waals surface area contributed by atoms with Crippen molar-refractivity contribution in [3.8, 4) is 0 Å². The van der Waals surface area contributed by atoms with Crippen molar-refractivity contribution in [2.45, 2.75) is 285 Å². The fourth-order valence-corrected chi connectivity index (χ4v) is 7.87. The van der Waals surface area contributed by atoms with Crippen LogP contribution in [-0.2, 0) is 33.2 Å². The number of hydrogen-bond acceptors (Lipinski definition) is 7. The Bertz CT molecular complexity index is 686. The Balaban J connectivity index is 5.90. The molecule has 0 aliphatic carbocycles. The Hall–Kier alpha value is -0.280. The van der Waals surface area contributed by atoms with E-state index in [4.69, 9.17) is 33.2 Å². The maximum atomic E-state index is 6.85. The van der Waals surface area contributed by atoms with Crippen LogP contribution in [0, 0.1) is 0 Å². The van der Waals surface area contributed by atoms with Gasteiger partial charge in [-0.15, -0.1) is 0 Å². The molecule has 0 amide bonds. The Morgan fingerprint density at radius 2 is 0.544 bits per heavy atom. The van der Waals surface area contributed by atoms with E-state index in [0.717, 1.165) is 64.2 Å². The van der Waals surface area contributed by atoms with Gasteiger partial charge in [-0.3, -0.25) is 0 Å². The average Bonchev–Trinajstić information content (AvgIpc) is 3.22. The van der Waals surface area contributed by atoms with E-state index in [9.17, 15) is 0 Å². The van der Waals surface area contributed by atoms with Crippen molar-refractivity contribution in [3.05, 3.63) is 0 Å². The molecular formula is C50H102O7. The fraction of sp³-hybridized carbons (Fsp3) is 1.00. The molecule has 344 valence electrons. The molecule has 0 radical (unpaired) electrons. The molecule has 2 unspecified atom stereocenters. The molecule has 0 aliphatic rings. The third-order valence-corrected chi connectivity index (χ3v) is 11.6. The van der Waals surface area contributed by atoms with E-state index < -0.39 is 11.6 Å². The molecule has 0 aromatic heterocycles. The quantitative estimate of drug-likeness (QED) is 0.0448. The maximum absolute atomic E-state index is 6.85. The molecule has 7 nitrogen and oxygen atoms in total. The Labute approximate surface area is 356 Å². The van der Waals surface area contributed by atoms with Crippen LogP contribution in [0.5, 0.6) is 0 Å². The summed E-state index contributed by atoms with van der Waals surface area (Å²) < 4.78 is 46.8. The Kier molecular flexibility index (Phi) is 42.2. The van der Waals surface area contributed by atoms with Gasteiger partial charge in [-0.1, -0.05) is 197 Å². The van der Waals surface area contributed by atoms with Crippen LogP contribution >= 0.6 is 0 Å². The molecule has 7 heteroatoms. The highest BCUT2D eigenvalue weighted by Crippen LogP contribution is 2.33. The number of ether oxygens (including phenoxy) is 7. The summed E-state index contributed by atoms with van der Waals surface area (Å²) >= 11 is 0. The van der Waals surface area contributed by atoms with Gasteiger partial charge in [0.15, 0.2) is 11.6 Å². The summed E-state index contributed by atoms with van der Waals surface area (Å²) in [5, 5.41) is 0. The van der Waals surface area contributed by atoms with Crippen molar-refractivity contribution in [2.75, 3.05) is 40.0 Å². The molecular weight excluding hydrogens is 713 g/mol. The second-order valence-corrected chi connectivity index (χ2v) is 16.9. The summed E-state index contributed by atoms with van der Waals surface area (Å²) in [5.74, 6) is -1.53. The third-order valence-electron chi connectivity index (χ3n) is 11.6. The van der Waals surface area contributed by atoms with Crippen LogP contribution < -0.4 is 0 Å². The van der Waals surface area contributed by atoms with Crippen LogP contribution in [0.2, 0.25) is 0 Å². The predicted molar refractivity (Wildman–Crippen MR) is 243 cm³/mol. The molecule has 0 aromatic rings. The van der Waals surface area contributed by atoms with Gasteiger partial charge in [0.05, 0.1) is 26.4 Å². The van der Waals surface area contributed by atoms with E-state index in [-0.39, 0.29) is 25.8 Å². The lowest BCUT2D eigenvalue weighted by Gasteiger charge is -2.41. The van der Waals surface area contributed by atoms with E-state index in [1.54, 1.807) is 0 Å². The fourth-order valence-electron chi connectivity index (χ4n) is 7.87. The number of unbranched alkanes of at least 4 members (excludes halogenated alkanes) is 22. The normalized spacial score (nSPS) is 13.5. The predicted octanol–water partition coefficient (Wildman–Crippen LogP) is 15.8. The molecule has 0 heterocycles. The molecule has 0 saturated carbocycles. The van der Waals surface area contributed by atoms with Gasteiger partial charge >= 0.3 is 0 Å². The molecule has 57 heavy (non-hydrogen) atoms. The topological polar surface area (TPSA) is 64.6 Å². The number of rotatable bonds is 48. The molecule has 0 spiro atoms. The zero-order chi connectivity index (χ0) is 42.0. The first-order valence-electron chi connectivity index (χ1n) is 25.4. The van der Waals surface area contributed by atoms with Gasteiger partial charge in [-0.05, 0) is 51.4 Å². The zero-order valence-electron chi connectivity index (χ0n) is 39.9. The summed E-state index contributed by atoms with van der Waals surface area (Å²) in [7, 11) is 0. The highest BCUT2D eigenvalue weighted by Gasteiger charge is 2.42. The standard InChI is InChI=1S/C50H102O7/c1-9-17-23-29-35-41-54-49(39-33-27-21-13-5,55-42-36-30-24-18-10-2)47(15-7)52-45-51-46-53-48(16-8)50(40-34-28-22-14-6,56-43-37-31-25-19-11-3)57-44-38-32-26-20-12-4/h47-48H,9-46H2,1-8H3. The summed E-state index contributed by atoms with van der Waals surface area (Å²) in [4.78, 5) is 0. The first kappa shape index (κ1) is 56.7. The van der Waals surface area contributed by atoms with Crippen molar-refractivity contribution in [3.63, 3.8) is 0 Å². The zero-order valence-corrected chi connectivity index (χ0v) is 39.9. The monoisotopic (exact) mass is 815 g/mol. The lowest BCUT2D eigenvalue weighted by atomic mass is 9.98. The van der Waals surface area contributed by atoms with Crippen molar-refractivity contribution in [2.24, 2.45) is 0 Å². The molecule has 0 bridgehead atoms. The summed E-state index contributed by atoms with van der Waals surface area (Å²) in [6, 6.07) is 0. The minimum Gasteiger partial charge on any atom is -0.347 e. The van der Waals surface area contributed by atoms with Crippen LogP contribution in [0.15, 0.2) is 0 Å². The highest BCUT2D eigenvalue weighted by atomic mass is 16.8. The lowest BCUT2D eigenvalue weighted by Crippen LogP contribution is -2.50. The Morgan fingerprint density at radius 3 is 0.789 bits per heavy atom. The van der Waals surface area contributed by atoms with Gasteiger partial charge in [0, 0.05) is 12.8 Å². The van der Waals surface area contributed by atoms with E-state index in [0.29, 0.717) is 26.4 Å². The minimum atomic E-state index is -0.766. The molecule has 0 saturated heterocycles. The second-order valence-electron chi connectivity index (χ2n) is 16.9. The maximum Gasteiger partial charge on any atom is 0.194 e. The van der Waals surface area contributed by atoms with E-state index >= 15 is 0 Å².